The molecule has 29 heavy (non-hydrogen) atoms. The zero-order valence-electron chi connectivity index (χ0n) is 16.4. The third-order valence-electron chi connectivity index (χ3n) is 4.56. The first-order valence-electron chi connectivity index (χ1n) is 9.54. The van der Waals surface area contributed by atoms with Crippen LogP contribution in [0.1, 0.15) is 18.9 Å². The number of rotatable bonds is 7. The van der Waals surface area contributed by atoms with Crippen molar-refractivity contribution in [2.24, 2.45) is 5.73 Å². The normalized spacial score (nSPS) is 13.4. The first-order valence-corrected chi connectivity index (χ1v) is 9.54. The molecular formula is C22H25N3O4. The van der Waals surface area contributed by atoms with Gasteiger partial charge in [-0.2, -0.15) is 0 Å². The van der Waals surface area contributed by atoms with Crippen LogP contribution in [0.25, 0.3) is 5.57 Å². The van der Waals surface area contributed by atoms with Crippen molar-refractivity contribution in [3.63, 3.8) is 0 Å². The molecule has 1 aliphatic heterocycles. The van der Waals surface area contributed by atoms with E-state index in [2.05, 4.69) is 5.32 Å². The molecule has 0 fully saturated rings. The largest absolute Gasteiger partial charge is 0.494 e. The zero-order chi connectivity index (χ0) is 20.6. The van der Waals surface area contributed by atoms with Crippen LogP contribution >= 0.6 is 0 Å². The zero-order valence-corrected chi connectivity index (χ0v) is 16.4. The molecule has 0 atom stereocenters. The highest BCUT2D eigenvalue weighted by Crippen LogP contribution is 2.24. The maximum Gasteiger partial charge on any atom is 0.315 e. The summed E-state index contributed by atoms with van der Waals surface area (Å²) in [5, 5.41) is 2.79. The number of ether oxygens (including phenoxy) is 2. The molecule has 0 bridgehead atoms. The van der Waals surface area contributed by atoms with Crippen molar-refractivity contribution in [1.29, 1.82) is 0 Å². The first-order chi connectivity index (χ1) is 14.0. The van der Waals surface area contributed by atoms with Crippen molar-refractivity contribution < 1.29 is 19.1 Å². The van der Waals surface area contributed by atoms with Gasteiger partial charge in [0.25, 0.3) is 5.91 Å². The van der Waals surface area contributed by atoms with E-state index in [-0.39, 0.29) is 12.5 Å². The maximum atomic E-state index is 12.1. The van der Waals surface area contributed by atoms with Gasteiger partial charge in [-0.15, -0.1) is 0 Å². The Morgan fingerprint density at radius 3 is 2.28 bits per heavy atom. The van der Waals surface area contributed by atoms with Gasteiger partial charge in [-0.05, 0) is 60.9 Å². The van der Waals surface area contributed by atoms with Crippen LogP contribution in [0.4, 0.5) is 10.5 Å². The van der Waals surface area contributed by atoms with Gasteiger partial charge >= 0.3 is 6.03 Å². The second kappa shape index (κ2) is 9.64. The molecule has 1 heterocycles. The van der Waals surface area contributed by atoms with E-state index in [4.69, 9.17) is 15.2 Å². The summed E-state index contributed by atoms with van der Waals surface area (Å²) in [5.74, 6) is 1.14. The number of hydrogen-bond acceptors (Lipinski definition) is 4. The molecule has 0 aliphatic carbocycles. The SMILES string of the molecule is CCOc1ccc(NC(=O)COc2ccc(C3=CCN(C(N)=O)CC3)cc2)cc1. The Kier molecular flexibility index (Phi) is 6.73. The molecule has 2 aromatic rings. The van der Waals surface area contributed by atoms with Crippen LogP contribution in [-0.4, -0.2) is 43.1 Å². The van der Waals surface area contributed by atoms with Crippen LogP contribution in [0.5, 0.6) is 11.5 Å². The fraction of sp³-hybridized carbons (Fsp3) is 0.273. The summed E-state index contributed by atoms with van der Waals surface area (Å²) in [6.45, 7) is 3.58. The van der Waals surface area contributed by atoms with Gasteiger partial charge in [-0.3, -0.25) is 4.79 Å². The minimum absolute atomic E-state index is 0.0805. The number of benzene rings is 2. The second-order valence-corrected chi connectivity index (χ2v) is 6.58. The Balaban J connectivity index is 1.48. The molecule has 0 radical (unpaired) electrons. The number of urea groups is 1. The van der Waals surface area contributed by atoms with Gasteiger partial charge in [0.05, 0.1) is 6.61 Å². The van der Waals surface area contributed by atoms with E-state index in [9.17, 15) is 9.59 Å². The van der Waals surface area contributed by atoms with Gasteiger partial charge in [0.15, 0.2) is 6.61 Å². The highest BCUT2D eigenvalue weighted by molar-refractivity contribution is 5.91. The van der Waals surface area contributed by atoms with Gasteiger partial charge in [0.2, 0.25) is 0 Å². The molecule has 7 heteroatoms. The third-order valence-corrected chi connectivity index (χ3v) is 4.56. The fourth-order valence-corrected chi connectivity index (χ4v) is 3.04. The Bertz CT molecular complexity index is 876. The topological polar surface area (TPSA) is 93.9 Å². The average Bonchev–Trinajstić information content (AvgIpc) is 2.74. The summed E-state index contributed by atoms with van der Waals surface area (Å²) >= 11 is 0. The number of hydrogen-bond donors (Lipinski definition) is 2. The second-order valence-electron chi connectivity index (χ2n) is 6.58. The molecule has 0 unspecified atom stereocenters. The van der Waals surface area contributed by atoms with Gasteiger partial charge in [0, 0.05) is 18.8 Å². The number of carbonyl (C=O) groups excluding carboxylic acids is 2. The van der Waals surface area contributed by atoms with Gasteiger partial charge in [-0.1, -0.05) is 18.2 Å². The lowest BCUT2D eigenvalue weighted by molar-refractivity contribution is -0.118. The number of amides is 3. The van der Waals surface area contributed by atoms with E-state index < -0.39 is 6.03 Å². The first kappa shape index (κ1) is 20.3. The summed E-state index contributed by atoms with van der Waals surface area (Å²) < 4.78 is 10.9. The Hall–Kier alpha value is -3.48. The fourth-order valence-electron chi connectivity index (χ4n) is 3.04. The molecular weight excluding hydrogens is 370 g/mol. The smallest absolute Gasteiger partial charge is 0.315 e. The predicted octanol–water partition coefficient (Wildman–Crippen LogP) is 3.27. The monoisotopic (exact) mass is 395 g/mol. The quantitative estimate of drug-likeness (QED) is 0.752. The minimum atomic E-state index is -0.396. The van der Waals surface area contributed by atoms with E-state index >= 15 is 0 Å². The van der Waals surface area contributed by atoms with Crippen LogP contribution in [0.15, 0.2) is 54.6 Å². The average molecular weight is 395 g/mol. The summed E-state index contributed by atoms with van der Waals surface area (Å²) in [7, 11) is 0. The van der Waals surface area contributed by atoms with Crippen molar-refractivity contribution >= 4 is 23.2 Å². The number of primary amides is 1. The molecule has 0 saturated heterocycles. The van der Waals surface area contributed by atoms with Crippen LogP contribution in [-0.2, 0) is 4.79 Å². The third kappa shape index (κ3) is 5.75. The molecule has 0 saturated carbocycles. The lowest BCUT2D eigenvalue weighted by Gasteiger charge is -2.24. The molecule has 7 nitrogen and oxygen atoms in total. The van der Waals surface area contributed by atoms with Crippen molar-refractivity contribution in [1.82, 2.24) is 4.90 Å². The van der Waals surface area contributed by atoms with Crippen LogP contribution in [0.3, 0.4) is 0 Å². The molecule has 0 spiro atoms. The lowest BCUT2D eigenvalue weighted by atomic mass is 9.99. The summed E-state index contributed by atoms with van der Waals surface area (Å²) in [6, 6.07) is 14.4. The van der Waals surface area contributed by atoms with E-state index in [0.717, 1.165) is 17.7 Å². The van der Waals surface area contributed by atoms with Crippen LogP contribution in [0, 0.1) is 0 Å². The van der Waals surface area contributed by atoms with Crippen molar-refractivity contribution in [3.05, 3.63) is 60.2 Å². The van der Waals surface area contributed by atoms with E-state index in [1.54, 1.807) is 29.2 Å². The predicted molar refractivity (Wildman–Crippen MR) is 112 cm³/mol. The standard InChI is InChI=1S/C22H25N3O4/c1-2-28-19-9-5-18(6-10-19)24-21(26)15-29-20-7-3-16(4-8-20)17-11-13-25(14-12-17)22(23)27/h3-11H,2,12-15H2,1H3,(H2,23,27)(H,24,26). The molecule has 3 amide bonds. The number of nitrogens with two attached hydrogens (primary N) is 1. The van der Waals surface area contributed by atoms with Gasteiger partial charge in [0.1, 0.15) is 11.5 Å². The van der Waals surface area contributed by atoms with Crippen LogP contribution < -0.4 is 20.5 Å². The molecule has 0 aromatic heterocycles. The lowest BCUT2D eigenvalue weighted by Crippen LogP contribution is -2.38. The molecule has 2 aromatic carbocycles. The molecule has 3 rings (SSSR count). The Morgan fingerprint density at radius 2 is 1.69 bits per heavy atom. The van der Waals surface area contributed by atoms with Crippen molar-refractivity contribution in [2.45, 2.75) is 13.3 Å². The number of carbonyl (C=O) groups is 2. The van der Waals surface area contributed by atoms with Gasteiger partial charge in [-0.25, -0.2) is 4.79 Å². The highest BCUT2D eigenvalue weighted by Gasteiger charge is 2.15. The summed E-state index contributed by atoms with van der Waals surface area (Å²) in [6.07, 6.45) is 2.77. The molecule has 1 aliphatic rings. The number of anilines is 1. The summed E-state index contributed by atoms with van der Waals surface area (Å²) in [4.78, 5) is 24.9. The molecule has 152 valence electrons. The van der Waals surface area contributed by atoms with Crippen LogP contribution in [0.2, 0.25) is 0 Å². The van der Waals surface area contributed by atoms with E-state index in [1.165, 1.54) is 5.57 Å². The summed E-state index contributed by atoms with van der Waals surface area (Å²) in [5.41, 5.74) is 8.22. The van der Waals surface area contributed by atoms with E-state index in [1.807, 2.05) is 37.3 Å². The number of nitrogens with one attached hydrogen (secondary N) is 1. The molecule has 3 N–H and O–H groups in total. The van der Waals surface area contributed by atoms with Gasteiger partial charge < -0.3 is 25.4 Å². The van der Waals surface area contributed by atoms with Crippen molar-refractivity contribution in [3.8, 4) is 11.5 Å². The Labute approximate surface area is 170 Å². The van der Waals surface area contributed by atoms with Crippen molar-refractivity contribution in [2.75, 3.05) is 31.6 Å². The van der Waals surface area contributed by atoms with E-state index in [0.29, 0.717) is 31.1 Å². The maximum absolute atomic E-state index is 12.1. The number of nitrogens with zero attached hydrogens (tertiary/aromatic N) is 1. The highest BCUT2D eigenvalue weighted by atomic mass is 16.5. The Morgan fingerprint density at radius 1 is 1.03 bits per heavy atom. The minimum Gasteiger partial charge on any atom is -0.494 e.